The second-order valence-electron chi connectivity index (χ2n) is 8.51. The maximum atomic E-state index is 12.9. The highest BCUT2D eigenvalue weighted by molar-refractivity contribution is 6.30. The van der Waals surface area contributed by atoms with E-state index in [1.807, 2.05) is 72.5 Å². The summed E-state index contributed by atoms with van der Waals surface area (Å²) >= 11 is 5.95. The third-order valence-corrected chi connectivity index (χ3v) is 6.35. The summed E-state index contributed by atoms with van der Waals surface area (Å²) in [6, 6.07) is 23.7. The topological polar surface area (TPSA) is 47.4 Å². The highest BCUT2D eigenvalue weighted by atomic mass is 35.5. The molecule has 1 fully saturated rings. The van der Waals surface area contributed by atoms with Crippen LogP contribution in [0.1, 0.15) is 30.1 Å². The number of aromatic nitrogens is 2. The first-order valence-electron chi connectivity index (χ1n) is 11.3. The van der Waals surface area contributed by atoms with Crippen molar-refractivity contribution < 1.29 is 9.53 Å². The molecule has 0 N–H and O–H groups in total. The van der Waals surface area contributed by atoms with Gasteiger partial charge < -0.3 is 14.2 Å². The van der Waals surface area contributed by atoms with Crippen molar-refractivity contribution in [3.8, 4) is 5.75 Å². The number of ether oxygens (including phenoxy) is 1. The SMILES string of the molecule is Cc1cccc(N2CC(c3nc4ccccc4n3CCCOc3ccc(Cl)cc3)CC2=O)c1. The second kappa shape index (κ2) is 9.28. The normalized spacial score (nSPS) is 16.0. The Morgan fingerprint density at radius 1 is 1.06 bits per heavy atom. The maximum absolute atomic E-state index is 12.9. The molecule has 6 heteroatoms. The summed E-state index contributed by atoms with van der Waals surface area (Å²) in [4.78, 5) is 19.7. The molecule has 1 atom stereocenters. The van der Waals surface area contributed by atoms with Crippen LogP contribution in [-0.4, -0.2) is 28.6 Å². The van der Waals surface area contributed by atoms with E-state index in [0.717, 1.165) is 46.8 Å². The average Bonchev–Trinajstić information content (AvgIpc) is 3.38. The first-order valence-corrected chi connectivity index (χ1v) is 11.7. The average molecular weight is 460 g/mol. The number of anilines is 1. The van der Waals surface area contributed by atoms with Gasteiger partial charge >= 0.3 is 0 Å². The van der Waals surface area contributed by atoms with Gasteiger partial charge in [0.2, 0.25) is 5.91 Å². The number of hydrogen-bond acceptors (Lipinski definition) is 3. The molecule has 0 bridgehead atoms. The molecule has 33 heavy (non-hydrogen) atoms. The molecule has 0 aliphatic carbocycles. The molecule has 4 aromatic rings. The molecule has 1 saturated heterocycles. The van der Waals surface area contributed by atoms with Crippen molar-refractivity contribution in [2.24, 2.45) is 0 Å². The summed E-state index contributed by atoms with van der Waals surface area (Å²) < 4.78 is 8.15. The molecule has 0 radical (unpaired) electrons. The Kier molecular flexibility index (Phi) is 6.05. The smallest absolute Gasteiger partial charge is 0.227 e. The third-order valence-electron chi connectivity index (χ3n) is 6.10. The number of halogens is 1. The van der Waals surface area contributed by atoms with E-state index in [0.29, 0.717) is 24.6 Å². The number of amides is 1. The van der Waals surface area contributed by atoms with E-state index in [4.69, 9.17) is 21.3 Å². The van der Waals surface area contributed by atoms with Gasteiger partial charge in [-0.25, -0.2) is 4.98 Å². The first-order chi connectivity index (χ1) is 16.1. The van der Waals surface area contributed by atoms with Crippen LogP contribution in [0.2, 0.25) is 5.02 Å². The minimum atomic E-state index is 0.0580. The molecule has 1 amide bonds. The molecular weight excluding hydrogens is 434 g/mol. The van der Waals surface area contributed by atoms with E-state index in [1.165, 1.54) is 0 Å². The van der Waals surface area contributed by atoms with Crippen LogP contribution in [0, 0.1) is 6.92 Å². The zero-order chi connectivity index (χ0) is 22.8. The number of fused-ring (bicyclic) bond motifs is 1. The molecule has 5 nitrogen and oxygen atoms in total. The number of imidazole rings is 1. The maximum Gasteiger partial charge on any atom is 0.227 e. The fourth-order valence-corrected chi connectivity index (χ4v) is 4.64. The lowest BCUT2D eigenvalue weighted by Crippen LogP contribution is -2.24. The highest BCUT2D eigenvalue weighted by Crippen LogP contribution is 2.33. The molecule has 1 aliphatic rings. The molecule has 3 aromatic carbocycles. The highest BCUT2D eigenvalue weighted by Gasteiger charge is 2.34. The van der Waals surface area contributed by atoms with Gasteiger partial charge in [0, 0.05) is 36.1 Å². The summed E-state index contributed by atoms with van der Waals surface area (Å²) in [5.41, 5.74) is 4.17. The van der Waals surface area contributed by atoms with Crippen LogP contribution >= 0.6 is 11.6 Å². The number of carbonyl (C=O) groups is 1. The molecular formula is C27H26ClN3O2. The Morgan fingerprint density at radius 2 is 1.88 bits per heavy atom. The molecule has 0 spiro atoms. The van der Waals surface area contributed by atoms with E-state index >= 15 is 0 Å². The Morgan fingerprint density at radius 3 is 2.70 bits per heavy atom. The Hall–Kier alpha value is -3.31. The van der Waals surface area contributed by atoms with Gasteiger partial charge in [-0.05, 0) is 67.4 Å². The molecule has 1 aliphatic heterocycles. The van der Waals surface area contributed by atoms with Gasteiger partial charge in [-0.1, -0.05) is 35.9 Å². The van der Waals surface area contributed by atoms with Crippen LogP contribution < -0.4 is 9.64 Å². The second-order valence-corrected chi connectivity index (χ2v) is 8.95. The number of rotatable bonds is 7. The van der Waals surface area contributed by atoms with Gasteiger partial charge in [-0.15, -0.1) is 0 Å². The Balaban J connectivity index is 1.34. The van der Waals surface area contributed by atoms with E-state index < -0.39 is 0 Å². The van der Waals surface area contributed by atoms with Gasteiger partial charge in [-0.2, -0.15) is 0 Å². The third kappa shape index (κ3) is 4.60. The number of aryl methyl sites for hydroxylation is 2. The van der Waals surface area contributed by atoms with E-state index in [-0.39, 0.29) is 11.8 Å². The summed E-state index contributed by atoms with van der Waals surface area (Å²) in [6.07, 6.45) is 1.30. The van der Waals surface area contributed by atoms with E-state index in [9.17, 15) is 4.79 Å². The fourth-order valence-electron chi connectivity index (χ4n) is 4.51. The van der Waals surface area contributed by atoms with Gasteiger partial charge in [0.25, 0.3) is 0 Å². The fraction of sp³-hybridized carbons (Fsp3) is 0.259. The Bertz CT molecular complexity index is 1280. The van der Waals surface area contributed by atoms with Crippen molar-refractivity contribution in [2.45, 2.75) is 32.2 Å². The van der Waals surface area contributed by atoms with Crippen LogP contribution in [0.15, 0.2) is 72.8 Å². The van der Waals surface area contributed by atoms with Crippen molar-refractivity contribution in [1.29, 1.82) is 0 Å². The van der Waals surface area contributed by atoms with Crippen LogP contribution in [0.5, 0.6) is 5.75 Å². The number of hydrogen-bond donors (Lipinski definition) is 0. The molecule has 1 aromatic heterocycles. The van der Waals surface area contributed by atoms with Crippen molar-refractivity contribution in [2.75, 3.05) is 18.1 Å². The minimum absolute atomic E-state index is 0.0580. The lowest BCUT2D eigenvalue weighted by Gasteiger charge is -2.18. The number of para-hydroxylation sites is 2. The van der Waals surface area contributed by atoms with Gasteiger partial charge in [0.05, 0.1) is 17.6 Å². The number of carbonyl (C=O) groups excluding carboxylic acids is 1. The van der Waals surface area contributed by atoms with Gasteiger partial charge in [0.15, 0.2) is 0 Å². The monoisotopic (exact) mass is 459 g/mol. The first kappa shape index (κ1) is 21.5. The molecule has 2 heterocycles. The van der Waals surface area contributed by atoms with Crippen LogP contribution in [-0.2, 0) is 11.3 Å². The zero-order valence-electron chi connectivity index (χ0n) is 18.6. The molecule has 5 rings (SSSR count). The van der Waals surface area contributed by atoms with Gasteiger partial charge in [-0.3, -0.25) is 4.79 Å². The van der Waals surface area contributed by atoms with Crippen molar-refractivity contribution in [3.05, 3.63) is 89.2 Å². The molecule has 0 saturated carbocycles. The predicted octanol–water partition coefficient (Wildman–Crippen LogP) is 5.99. The number of nitrogens with zero attached hydrogens (tertiary/aromatic N) is 3. The van der Waals surface area contributed by atoms with E-state index in [1.54, 1.807) is 0 Å². The summed E-state index contributed by atoms with van der Waals surface area (Å²) in [5, 5.41) is 0.697. The Labute approximate surface area is 198 Å². The quantitative estimate of drug-likeness (QED) is 0.319. The van der Waals surface area contributed by atoms with Crippen molar-refractivity contribution in [1.82, 2.24) is 9.55 Å². The van der Waals surface area contributed by atoms with Crippen molar-refractivity contribution >= 4 is 34.2 Å². The van der Waals surface area contributed by atoms with Crippen molar-refractivity contribution in [3.63, 3.8) is 0 Å². The molecule has 1 unspecified atom stereocenters. The minimum Gasteiger partial charge on any atom is -0.494 e. The lowest BCUT2D eigenvalue weighted by atomic mass is 10.1. The van der Waals surface area contributed by atoms with E-state index in [2.05, 4.69) is 16.7 Å². The van der Waals surface area contributed by atoms with Crippen LogP contribution in [0.3, 0.4) is 0 Å². The lowest BCUT2D eigenvalue weighted by molar-refractivity contribution is -0.117. The summed E-state index contributed by atoms with van der Waals surface area (Å²) in [5.74, 6) is 1.99. The van der Waals surface area contributed by atoms with Gasteiger partial charge in [0.1, 0.15) is 11.6 Å². The summed E-state index contributed by atoms with van der Waals surface area (Å²) in [6.45, 7) is 4.06. The number of benzene rings is 3. The van der Waals surface area contributed by atoms with Crippen LogP contribution in [0.4, 0.5) is 5.69 Å². The van der Waals surface area contributed by atoms with Crippen LogP contribution in [0.25, 0.3) is 11.0 Å². The zero-order valence-corrected chi connectivity index (χ0v) is 19.3. The summed E-state index contributed by atoms with van der Waals surface area (Å²) in [7, 11) is 0. The standard InChI is InChI=1S/C27H26ClN3O2/c1-19-6-4-7-22(16-19)31-18-20(17-26(31)32)27-29-24-8-2-3-9-25(24)30(27)14-5-15-33-23-12-10-21(28)11-13-23/h2-4,6-13,16,20H,5,14-15,17-18H2,1H3. The predicted molar refractivity (Wildman–Crippen MR) is 132 cm³/mol. The largest absolute Gasteiger partial charge is 0.494 e. The molecule has 168 valence electrons.